The molecule has 7 unspecified atom stereocenters. The van der Waals surface area contributed by atoms with Gasteiger partial charge in [0.15, 0.2) is 0 Å². The fraction of sp³-hybridized carbons (Fsp3) is 0.545. The number of fused-ring (bicyclic) bond motifs is 5. The Morgan fingerprint density at radius 3 is 2.84 bits per heavy atom. The number of nitriles is 1. The van der Waals surface area contributed by atoms with Crippen LogP contribution in [0.2, 0.25) is 0 Å². The van der Waals surface area contributed by atoms with Gasteiger partial charge in [-0.25, -0.2) is 0 Å². The zero-order valence-corrected chi connectivity index (χ0v) is 23.4. The van der Waals surface area contributed by atoms with E-state index in [2.05, 4.69) is 90.4 Å². The zero-order valence-electron chi connectivity index (χ0n) is 22.6. The molecule has 1 fully saturated rings. The standard InChI is InChI=1S/C33H41N3S/c1-33-17-7-6-13-30(33)36(24-10-8-9-23(20-24)27-19-22(21-34)16-18-35-27)28-15-14-26-25-11-4-5-12-29(25)37(2,3)32(26)31(28)33/h4,7-8,10-11,14-15,17,19,22-24,28,30-31,35H,5-6,9,12-13,16,18,20H2,1-3H3. The molecule has 0 aromatic rings. The third-order valence-electron chi connectivity index (χ3n) is 10.6. The van der Waals surface area contributed by atoms with Gasteiger partial charge >= 0.3 is 0 Å². The van der Waals surface area contributed by atoms with E-state index in [0.717, 1.165) is 25.8 Å². The Labute approximate surface area is 224 Å². The highest BCUT2D eigenvalue weighted by Gasteiger charge is 2.61. The SMILES string of the molecule is CC12C=CCCC1N(C1C=CCC(C3=CC(C#N)CCN3)C1)C1C=CC3=C(C12)S(C)(C)C1=C3C=CCC1. The zero-order chi connectivity index (χ0) is 25.4. The maximum atomic E-state index is 9.54. The summed E-state index contributed by atoms with van der Waals surface area (Å²) in [5.41, 5.74) is 4.63. The van der Waals surface area contributed by atoms with Gasteiger partial charge < -0.3 is 5.32 Å². The largest absolute Gasteiger partial charge is 0.388 e. The molecule has 0 saturated carbocycles. The number of hydrogen-bond donors (Lipinski definition) is 1. The Kier molecular flexibility index (Phi) is 5.58. The highest BCUT2D eigenvalue weighted by molar-refractivity contribution is 8.39. The summed E-state index contributed by atoms with van der Waals surface area (Å²) in [6.45, 7) is 3.52. The van der Waals surface area contributed by atoms with Gasteiger partial charge in [0.1, 0.15) is 0 Å². The first kappa shape index (κ1) is 23.9. The number of allylic oxidation sites excluding steroid dienone is 10. The van der Waals surface area contributed by atoms with Crippen molar-refractivity contribution in [2.45, 2.75) is 70.0 Å². The Bertz CT molecular complexity index is 1270. The minimum absolute atomic E-state index is 0.0651. The van der Waals surface area contributed by atoms with Crippen LogP contribution in [0.5, 0.6) is 0 Å². The van der Waals surface area contributed by atoms with Crippen LogP contribution in [0.4, 0.5) is 0 Å². The molecule has 37 heavy (non-hydrogen) atoms. The van der Waals surface area contributed by atoms with E-state index in [-0.39, 0.29) is 11.3 Å². The quantitative estimate of drug-likeness (QED) is 0.411. The molecule has 0 bridgehead atoms. The van der Waals surface area contributed by atoms with Gasteiger partial charge in [-0.2, -0.15) is 15.3 Å². The van der Waals surface area contributed by atoms with Gasteiger partial charge in [-0.15, -0.1) is 0 Å². The lowest BCUT2D eigenvalue weighted by Gasteiger charge is -2.45. The first-order chi connectivity index (χ1) is 17.9. The van der Waals surface area contributed by atoms with Crippen LogP contribution in [-0.2, 0) is 0 Å². The van der Waals surface area contributed by atoms with Crippen molar-refractivity contribution < 1.29 is 0 Å². The second-order valence-electron chi connectivity index (χ2n) is 12.8. The molecule has 0 aromatic carbocycles. The summed E-state index contributed by atoms with van der Waals surface area (Å²) < 4.78 is 0. The van der Waals surface area contributed by atoms with E-state index in [1.54, 1.807) is 21.0 Å². The van der Waals surface area contributed by atoms with E-state index >= 15 is 0 Å². The third kappa shape index (κ3) is 3.43. The van der Waals surface area contributed by atoms with Crippen LogP contribution in [0, 0.1) is 34.5 Å². The molecule has 0 amide bonds. The van der Waals surface area contributed by atoms with Crippen molar-refractivity contribution in [2.75, 3.05) is 19.1 Å². The minimum Gasteiger partial charge on any atom is -0.388 e. The first-order valence-corrected chi connectivity index (χ1v) is 16.9. The lowest BCUT2D eigenvalue weighted by Crippen LogP contribution is -2.48. The molecule has 4 aliphatic carbocycles. The van der Waals surface area contributed by atoms with Gasteiger partial charge in [0.2, 0.25) is 0 Å². The van der Waals surface area contributed by atoms with Crippen LogP contribution in [0.25, 0.3) is 0 Å². The lowest BCUT2D eigenvalue weighted by molar-refractivity contribution is 0.118. The summed E-state index contributed by atoms with van der Waals surface area (Å²) in [4.78, 5) is 6.50. The molecule has 4 heteroatoms. The Morgan fingerprint density at radius 1 is 1.08 bits per heavy atom. The van der Waals surface area contributed by atoms with Crippen LogP contribution in [-0.4, -0.2) is 42.1 Å². The normalized spacial score (nSPS) is 42.4. The first-order valence-electron chi connectivity index (χ1n) is 14.5. The predicted octanol–water partition coefficient (Wildman–Crippen LogP) is 6.87. The summed E-state index contributed by atoms with van der Waals surface area (Å²) in [6.07, 6.45) is 35.5. The summed E-state index contributed by atoms with van der Waals surface area (Å²) in [7, 11) is -0.954. The van der Waals surface area contributed by atoms with Crippen molar-refractivity contribution in [3.8, 4) is 6.07 Å². The van der Waals surface area contributed by atoms with Crippen molar-refractivity contribution in [2.24, 2.45) is 23.2 Å². The van der Waals surface area contributed by atoms with Gasteiger partial charge in [-0.05, 0) is 84.5 Å². The summed E-state index contributed by atoms with van der Waals surface area (Å²) >= 11 is 0. The van der Waals surface area contributed by atoms with Gasteiger partial charge in [-0.1, -0.05) is 55.5 Å². The van der Waals surface area contributed by atoms with E-state index < -0.39 is 10.0 Å². The molecule has 194 valence electrons. The summed E-state index contributed by atoms with van der Waals surface area (Å²) in [5, 5.41) is 13.2. The molecule has 0 radical (unpaired) electrons. The molecule has 1 N–H and O–H groups in total. The van der Waals surface area contributed by atoms with E-state index in [1.807, 2.05) is 0 Å². The Morgan fingerprint density at radius 2 is 1.97 bits per heavy atom. The molecule has 7 rings (SSSR count). The number of hydrogen-bond acceptors (Lipinski definition) is 3. The maximum Gasteiger partial charge on any atom is 0.0698 e. The molecule has 7 atom stereocenters. The summed E-state index contributed by atoms with van der Waals surface area (Å²) in [6, 6.07) is 3.97. The van der Waals surface area contributed by atoms with E-state index in [9.17, 15) is 5.26 Å². The fourth-order valence-electron chi connectivity index (χ4n) is 8.90. The number of rotatable bonds is 2. The average molecular weight is 512 g/mol. The van der Waals surface area contributed by atoms with Crippen molar-refractivity contribution >= 4 is 10.0 Å². The predicted molar refractivity (Wildman–Crippen MR) is 156 cm³/mol. The van der Waals surface area contributed by atoms with Crippen LogP contribution < -0.4 is 5.32 Å². The highest BCUT2D eigenvalue weighted by Crippen LogP contribution is 2.73. The molecule has 0 spiro atoms. The van der Waals surface area contributed by atoms with Crippen LogP contribution >= 0.6 is 10.0 Å². The van der Waals surface area contributed by atoms with Crippen LogP contribution in [0.1, 0.15) is 51.9 Å². The van der Waals surface area contributed by atoms with Crippen molar-refractivity contribution in [3.63, 3.8) is 0 Å². The molecule has 1 saturated heterocycles. The Hall–Kier alpha value is -2.22. The molecule has 3 heterocycles. The monoisotopic (exact) mass is 511 g/mol. The van der Waals surface area contributed by atoms with Gasteiger partial charge in [0, 0.05) is 47.6 Å². The Balaban J connectivity index is 1.27. The van der Waals surface area contributed by atoms with E-state index in [0.29, 0.717) is 30.0 Å². The molecule has 3 nitrogen and oxygen atoms in total. The van der Waals surface area contributed by atoms with Gasteiger partial charge in [0.05, 0.1) is 12.0 Å². The second kappa shape index (κ2) is 8.65. The molecule has 0 aromatic heterocycles. The second-order valence-corrected chi connectivity index (χ2v) is 16.3. The minimum atomic E-state index is -0.954. The molecule has 3 aliphatic heterocycles. The fourth-order valence-corrected chi connectivity index (χ4v) is 12.3. The van der Waals surface area contributed by atoms with Gasteiger partial charge in [0.25, 0.3) is 0 Å². The summed E-state index contributed by atoms with van der Waals surface area (Å²) in [5.74, 6) is 1.11. The van der Waals surface area contributed by atoms with Crippen LogP contribution in [0.15, 0.2) is 81.3 Å². The lowest BCUT2D eigenvalue weighted by atomic mass is 9.67. The molecular weight excluding hydrogens is 470 g/mol. The van der Waals surface area contributed by atoms with Crippen molar-refractivity contribution in [3.05, 3.63) is 81.3 Å². The third-order valence-corrected chi connectivity index (χ3v) is 13.8. The number of likely N-dealkylation sites (tertiary alicyclic amines) is 1. The smallest absolute Gasteiger partial charge is 0.0698 e. The molecule has 7 aliphatic rings. The van der Waals surface area contributed by atoms with Crippen molar-refractivity contribution in [1.82, 2.24) is 10.2 Å². The van der Waals surface area contributed by atoms with Crippen molar-refractivity contribution in [1.29, 1.82) is 5.26 Å². The molecular formula is C33H41N3S. The highest BCUT2D eigenvalue weighted by atomic mass is 32.3. The van der Waals surface area contributed by atoms with Gasteiger partial charge in [-0.3, -0.25) is 4.90 Å². The van der Waals surface area contributed by atoms with E-state index in [4.69, 9.17) is 0 Å². The van der Waals surface area contributed by atoms with E-state index in [1.165, 1.54) is 31.4 Å². The average Bonchev–Trinajstić information content (AvgIpc) is 3.33. The van der Waals surface area contributed by atoms with Crippen LogP contribution in [0.3, 0.4) is 0 Å². The maximum absolute atomic E-state index is 9.54. The number of nitrogens with zero attached hydrogens (tertiary/aromatic N) is 2. The number of nitrogens with one attached hydrogen (secondary N) is 1. The topological polar surface area (TPSA) is 39.1 Å².